The van der Waals surface area contributed by atoms with Crippen molar-refractivity contribution in [1.29, 1.82) is 0 Å². The zero-order valence-electron chi connectivity index (χ0n) is 18.9. The molecule has 0 aromatic heterocycles. The van der Waals surface area contributed by atoms with Crippen LogP contribution in [0.15, 0.2) is 89.2 Å². The summed E-state index contributed by atoms with van der Waals surface area (Å²) in [7, 11) is 2.66. The summed E-state index contributed by atoms with van der Waals surface area (Å²) in [5.74, 6) is 0.144. The first-order chi connectivity index (χ1) is 16.1. The topological polar surface area (TPSA) is 78.7 Å². The Bertz CT molecular complexity index is 1130. The SMILES string of the molecule is CO/N=C(/C(=O)OC)c1ccccc1CON=C(C)c1cccc(OCc2ccccc2)c1. The van der Waals surface area contributed by atoms with E-state index in [1.165, 1.54) is 14.2 Å². The Balaban J connectivity index is 1.68. The van der Waals surface area contributed by atoms with E-state index in [9.17, 15) is 4.79 Å². The number of methoxy groups -OCH3 is 1. The summed E-state index contributed by atoms with van der Waals surface area (Å²) < 4.78 is 10.7. The zero-order chi connectivity index (χ0) is 23.5. The summed E-state index contributed by atoms with van der Waals surface area (Å²) in [5, 5.41) is 8.04. The number of nitrogens with zero attached hydrogens (tertiary/aromatic N) is 2. The van der Waals surface area contributed by atoms with Crippen molar-refractivity contribution in [2.24, 2.45) is 10.3 Å². The van der Waals surface area contributed by atoms with Gasteiger partial charge in [0.25, 0.3) is 0 Å². The Morgan fingerprint density at radius 2 is 1.61 bits per heavy atom. The second-order valence-electron chi connectivity index (χ2n) is 7.02. The third-order valence-corrected chi connectivity index (χ3v) is 4.76. The molecule has 0 heterocycles. The van der Waals surface area contributed by atoms with E-state index in [1.807, 2.05) is 73.7 Å². The van der Waals surface area contributed by atoms with Gasteiger partial charge in [0.05, 0.1) is 12.8 Å². The first-order valence-corrected chi connectivity index (χ1v) is 10.3. The van der Waals surface area contributed by atoms with Crippen LogP contribution < -0.4 is 4.74 Å². The number of carbonyl (C=O) groups excluding carboxylic acids is 1. The first-order valence-electron chi connectivity index (χ1n) is 10.3. The van der Waals surface area contributed by atoms with Crippen LogP contribution in [0.5, 0.6) is 5.75 Å². The highest BCUT2D eigenvalue weighted by molar-refractivity contribution is 6.43. The van der Waals surface area contributed by atoms with Gasteiger partial charge in [0.15, 0.2) is 5.71 Å². The van der Waals surface area contributed by atoms with Crippen molar-refractivity contribution in [2.75, 3.05) is 14.2 Å². The molecule has 0 spiro atoms. The molecule has 0 N–H and O–H groups in total. The lowest BCUT2D eigenvalue weighted by Gasteiger charge is -2.10. The molecule has 0 bridgehead atoms. The first kappa shape index (κ1) is 23.5. The van der Waals surface area contributed by atoms with Gasteiger partial charge in [-0.25, -0.2) is 4.79 Å². The molecule has 0 amide bonds. The van der Waals surface area contributed by atoms with Gasteiger partial charge >= 0.3 is 5.97 Å². The van der Waals surface area contributed by atoms with E-state index in [1.54, 1.807) is 12.1 Å². The molecule has 0 saturated carbocycles. The molecule has 7 heteroatoms. The summed E-state index contributed by atoms with van der Waals surface area (Å²) in [6.07, 6.45) is 0. The van der Waals surface area contributed by atoms with Gasteiger partial charge in [-0.3, -0.25) is 0 Å². The van der Waals surface area contributed by atoms with Crippen molar-refractivity contribution < 1.29 is 23.9 Å². The molecule has 0 aliphatic carbocycles. The number of hydrogen-bond donors (Lipinski definition) is 0. The molecule has 0 fully saturated rings. The van der Waals surface area contributed by atoms with E-state index < -0.39 is 5.97 Å². The minimum absolute atomic E-state index is 0.0585. The van der Waals surface area contributed by atoms with Crippen molar-refractivity contribution in [3.8, 4) is 5.75 Å². The van der Waals surface area contributed by atoms with Crippen molar-refractivity contribution in [3.63, 3.8) is 0 Å². The maximum absolute atomic E-state index is 12.1. The van der Waals surface area contributed by atoms with Crippen molar-refractivity contribution in [3.05, 3.63) is 101 Å². The predicted molar refractivity (Wildman–Crippen MR) is 126 cm³/mol. The molecule has 3 aromatic carbocycles. The lowest BCUT2D eigenvalue weighted by Crippen LogP contribution is -2.19. The zero-order valence-corrected chi connectivity index (χ0v) is 18.9. The summed E-state index contributed by atoms with van der Waals surface area (Å²) >= 11 is 0. The second kappa shape index (κ2) is 12.0. The molecule has 7 nitrogen and oxygen atoms in total. The molecular weight excluding hydrogens is 420 g/mol. The molecule has 170 valence electrons. The monoisotopic (exact) mass is 446 g/mol. The van der Waals surface area contributed by atoms with Crippen molar-refractivity contribution in [1.82, 2.24) is 0 Å². The van der Waals surface area contributed by atoms with Gasteiger partial charge in [0.2, 0.25) is 0 Å². The van der Waals surface area contributed by atoms with E-state index in [2.05, 4.69) is 10.3 Å². The third kappa shape index (κ3) is 6.67. The molecule has 0 atom stereocenters. The number of oxime groups is 2. The van der Waals surface area contributed by atoms with E-state index in [0.717, 1.165) is 22.4 Å². The largest absolute Gasteiger partial charge is 0.489 e. The van der Waals surface area contributed by atoms with Crippen LogP contribution in [0.3, 0.4) is 0 Å². The van der Waals surface area contributed by atoms with Crippen molar-refractivity contribution >= 4 is 17.4 Å². The normalized spacial score (nSPS) is 11.6. The quantitative estimate of drug-likeness (QED) is 0.256. The van der Waals surface area contributed by atoms with Crippen LogP contribution in [-0.2, 0) is 32.4 Å². The molecular formula is C26H26N2O5. The predicted octanol–water partition coefficient (Wildman–Crippen LogP) is 4.73. The Kier molecular flexibility index (Phi) is 8.59. The molecule has 3 aromatic rings. The van der Waals surface area contributed by atoms with Crippen LogP contribution in [0.4, 0.5) is 0 Å². The lowest BCUT2D eigenvalue weighted by molar-refractivity contribution is -0.132. The highest BCUT2D eigenvalue weighted by atomic mass is 16.6. The molecule has 0 unspecified atom stereocenters. The van der Waals surface area contributed by atoms with Gasteiger partial charge in [0.1, 0.15) is 26.1 Å². The highest BCUT2D eigenvalue weighted by Gasteiger charge is 2.19. The number of benzene rings is 3. The van der Waals surface area contributed by atoms with E-state index >= 15 is 0 Å². The van der Waals surface area contributed by atoms with Crippen molar-refractivity contribution in [2.45, 2.75) is 20.1 Å². The second-order valence-corrected chi connectivity index (χ2v) is 7.02. The van der Waals surface area contributed by atoms with Crippen LogP contribution in [-0.4, -0.2) is 31.6 Å². The van der Waals surface area contributed by atoms with Crippen LogP contribution in [0.1, 0.15) is 29.2 Å². The van der Waals surface area contributed by atoms with Gasteiger partial charge in [-0.15, -0.1) is 0 Å². The van der Waals surface area contributed by atoms with Crippen LogP contribution in [0.2, 0.25) is 0 Å². The highest BCUT2D eigenvalue weighted by Crippen LogP contribution is 2.17. The fraction of sp³-hybridized carbons (Fsp3) is 0.192. The Morgan fingerprint density at radius 1 is 0.848 bits per heavy atom. The van der Waals surface area contributed by atoms with E-state index in [0.29, 0.717) is 17.9 Å². The lowest BCUT2D eigenvalue weighted by atomic mass is 10.0. The van der Waals surface area contributed by atoms with Gasteiger partial charge < -0.3 is 19.1 Å². The molecule has 0 saturated heterocycles. The van der Waals surface area contributed by atoms with Crippen LogP contribution in [0.25, 0.3) is 0 Å². The fourth-order valence-electron chi connectivity index (χ4n) is 3.06. The molecule has 0 radical (unpaired) electrons. The Morgan fingerprint density at radius 3 is 2.36 bits per heavy atom. The summed E-state index contributed by atoms with van der Waals surface area (Å²) in [5.41, 5.74) is 3.99. The average Bonchev–Trinajstić information content (AvgIpc) is 2.87. The standard InChI is InChI=1S/C26H26N2O5/c1-19(21-13-9-14-23(16-21)32-17-20-10-5-4-6-11-20)27-33-18-22-12-7-8-15-24(22)25(28-31-3)26(29)30-2/h4-16H,17-18H2,1-3H3/b27-19?,28-25+. The summed E-state index contributed by atoms with van der Waals surface area (Å²) in [6, 6.07) is 24.9. The van der Waals surface area contributed by atoms with Gasteiger partial charge in [-0.2, -0.15) is 0 Å². The van der Waals surface area contributed by atoms with Gasteiger partial charge in [-0.05, 0) is 24.6 Å². The Hall–Kier alpha value is -4.13. The smallest absolute Gasteiger partial charge is 0.360 e. The molecule has 33 heavy (non-hydrogen) atoms. The van der Waals surface area contributed by atoms with E-state index in [4.69, 9.17) is 19.1 Å². The third-order valence-electron chi connectivity index (χ3n) is 4.76. The number of esters is 1. The molecule has 0 aliphatic rings. The maximum atomic E-state index is 12.1. The maximum Gasteiger partial charge on any atom is 0.360 e. The summed E-state index contributed by atoms with van der Waals surface area (Å²) in [6.45, 7) is 2.48. The number of carbonyl (C=O) groups is 1. The van der Waals surface area contributed by atoms with Gasteiger partial charge in [0, 0.05) is 16.7 Å². The number of hydrogen-bond acceptors (Lipinski definition) is 7. The minimum atomic E-state index is -0.601. The molecule has 0 aliphatic heterocycles. The van der Waals surface area contributed by atoms with Gasteiger partial charge in [-0.1, -0.05) is 77.0 Å². The summed E-state index contributed by atoms with van der Waals surface area (Å²) in [4.78, 5) is 22.5. The van der Waals surface area contributed by atoms with Crippen LogP contribution in [0, 0.1) is 0 Å². The Labute approximate surface area is 193 Å². The number of rotatable bonds is 10. The number of ether oxygens (including phenoxy) is 2. The fourth-order valence-corrected chi connectivity index (χ4v) is 3.06. The molecule has 3 rings (SSSR count). The minimum Gasteiger partial charge on any atom is -0.489 e. The van der Waals surface area contributed by atoms with Crippen LogP contribution >= 0.6 is 0 Å². The van der Waals surface area contributed by atoms with E-state index in [-0.39, 0.29) is 12.3 Å². The average molecular weight is 447 g/mol.